The van der Waals surface area contributed by atoms with Gasteiger partial charge in [0.15, 0.2) is 0 Å². The molecule has 0 bridgehead atoms. The van der Waals surface area contributed by atoms with Crippen LogP contribution in [0.4, 0.5) is 8.78 Å². The maximum Gasteiger partial charge on any atom is 0.129 e. The summed E-state index contributed by atoms with van der Waals surface area (Å²) in [6.45, 7) is 0.415. The summed E-state index contributed by atoms with van der Waals surface area (Å²) in [4.78, 5) is 0. The molecule has 2 aromatic carbocycles. The molecule has 0 radical (unpaired) electrons. The summed E-state index contributed by atoms with van der Waals surface area (Å²) in [5.74, 6) is -0.593. The third-order valence-corrected chi connectivity index (χ3v) is 2.66. The van der Waals surface area contributed by atoms with Crippen molar-refractivity contribution in [3.05, 3.63) is 59.7 Å². The van der Waals surface area contributed by atoms with E-state index in [0.29, 0.717) is 12.2 Å². The van der Waals surface area contributed by atoms with Crippen LogP contribution in [-0.2, 0) is 6.42 Å². The van der Waals surface area contributed by atoms with Crippen LogP contribution in [0.15, 0.2) is 42.5 Å². The van der Waals surface area contributed by atoms with E-state index in [1.807, 2.05) is 0 Å². The molecular weight excluding hydrogens is 276 g/mol. The summed E-state index contributed by atoms with van der Waals surface area (Å²) in [5.41, 5.74) is 0.913. The van der Waals surface area contributed by atoms with Crippen molar-refractivity contribution in [2.45, 2.75) is 6.42 Å². The van der Waals surface area contributed by atoms with E-state index in [9.17, 15) is 8.78 Å². The summed E-state index contributed by atoms with van der Waals surface area (Å²) in [6.07, 6.45) is 0.356. The number of hydrogen-bond donors (Lipinski definition) is 0. The van der Waals surface area contributed by atoms with Gasteiger partial charge in [-0.15, -0.1) is 0 Å². The van der Waals surface area contributed by atoms with Crippen LogP contribution in [0, 0.1) is 23.0 Å². The van der Waals surface area contributed by atoms with Crippen molar-refractivity contribution in [2.75, 3.05) is 13.2 Å². The maximum absolute atomic E-state index is 12.9. The number of hydrogen-bond acceptors (Lipinski definition) is 3. The van der Waals surface area contributed by atoms with Crippen LogP contribution in [0.2, 0.25) is 0 Å². The fraction of sp³-hybridized carbons (Fsp3) is 0.188. The van der Waals surface area contributed by atoms with Gasteiger partial charge in [-0.1, -0.05) is 12.1 Å². The quantitative estimate of drug-likeness (QED) is 0.764. The SMILES string of the molecule is N#CCc1ccc(OCCOc2cc(F)cc(F)c2)cc1. The molecule has 0 saturated carbocycles. The lowest BCUT2D eigenvalue weighted by Gasteiger charge is -2.09. The topological polar surface area (TPSA) is 42.2 Å². The fourth-order valence-electron chi connectivity index (χ4n) is 1.73. The highest BCUT2D eigenvalue weighted by Crippen LogP contribution is 2.16. The molecule has 108 valence electrons. The van der Waals surface area contributed by atoms with Gasteiger partial charge in [-0.2, -0.15) is 5.26 Å². The highest BCUT2D eigenvalue weighted by atomic mass is 19.1. The van der Waals surface area contributed by atoms with Gasteiger partial charge in [-0.25, -0.2) is 8.78 Å². The molecule has 2 rings (SSSR count). The molecule has 0 fully saturated rings. The van der Waals surface area contributed by atoms with Gasteiger partial charge in [0.05, 0.1) is 12.5 Å². The summed E-state index contributed by atoms with van der Waals surface area (Å²) in [7, 11) is 0. The fourth-order valence-corrected chi connectivity index (χ4v) is 1.73. The predicted octanol–water partition coefficient (Wildman–Crippen LogP) is 3.49. The van der Waals surface area contributed by atoms with E-state index in [-0.39, 0.29) is 19.0 Å². The monoisotopic (exact) mass is 289 g/mol. The maximum atomic E-state index is 12.9. The summed E-state index contributed by atoms with van der Waals surface area (Å²) >= 11 is 0. The van der Waals surface area contributed by atoms with Crippen molar-refractivity contribution in [2.24, 2.45) is 0 Å². The standard InChI is InChI=1S/C16H13F2NO2/c17-13-9-14(18)11-16(10-13)21-8-7-20-15-3-1-12(2-4-15)5-6-19/h1-4,9-11H,5,7-8H2. The molecule has 5 heteroatoms. The first-order valence-electron chi connectivity index (χ1n) is 6.35. The zero-order valence-electron chi connectivity index (χ0n) is 11.2. The molecule has 0 aromatic heterocycles. The van der Waals surface area contributed by atoms with Gasteiger partial charge in [0.2, 0.25) is 0 Å². The minimum Gasteiger partial charge on any atom is -0.490 e. The van der Waals surface area contributed by atoms with Gasteiger partial charge < -0.3 is 9.47 Å². The number of nitrogens with zero attached hydrogens (tertiary/aromatic N) is 1. The summed E-state index contributed by atoms with van der Waals surface area (Å²) < 4.78 is 36.5. The van der Waals surface area contributed by atoms with Crippen LogP contribution in [0.1, 0.15) is 5.56 Å². The van der Waals surface area contributed by atoms with Gasteiger partial charge in [0.1, 0.15) is 36.3 Å². The van der Waals surface area contributed by atoms with E-state index in [1.54, 1.807) is 24.3 Å². The Bertz CT molecular complexity index is 615. The Labute approximate surface area is 121 Å². The van der Waals surface area contributed by atoms with Crippen LogP contribution in [-0.4, -0.2) is 13.2 Å². The van der Waals surface area contributed by atoms with Gasteiger partial charge in [-0.05, 0) is 17.7 Å². The highest BCUT2D eigenvalue weighted by Gasteiger charge is 2.01. The molecule has 0 saturated heterocycles. The molecule has 0 aliphatic rings. The zero-order valence-corrected chi connectivity index (χ0v) is 11.2. The van der Waals surface area contributed by atoms with Gasteiger partial charge in [0.25, 0.3) is 0 Å². The molecule has 0 atom stereocenters. The molecule has 0 amide bonds. The van der Waals surface area contributed by atoms with E-state index in [4.69, 9.17) is 14.7 Å². The first kappa shape index (κ1) is 14.8. The Morgan fingerprint density at radius 2 is 1.43 bits per heavy atom. The summed E-state index contributed by atoms with van der Waals surface area (Å²) in [6, 6.07) is 12.2. The Morgan fingerprint density at radius 1 is 0.857 bits per heavy atom. The average molecular weight is 289 g/mol. The molecule has 3 nitrogen and oxygen atoms in total. The lowest BCUT2D eigenvalue weighted by Crippen LogP contribution is -2.09. The zero-order chi connectivity index (χ0) is 15.1. The van der Waals surface area contributed by atoms with Crippen LogP contribution in [0.3, 0.4) is 0 Å². The number of ether oxygens (including phenoxy) is 2. The van der Waals surface area contributed by atoms with Gasteiger partial charge in [0, 0.05) is 18.2 Å². The molecule has 0 spiro atoms. The molecule has 0 aliphatic heterocycles. The second kappa shape index (κ2) is 7.25. The van der Waals surface area contributed by atoms with Crippen molar-refractivity contribution in [1.29, 1.82) is 5.26 Å². The molecule has 0 N–H and O–H groups in total. The minimum absolute atomic E-state index is 0.125. The largest absolute Gasteiger partial charge is 0.490 e. The lowest BCUT2D eigenvalue weighted by molar-refractivity contribution is 0.216. The van der Waals surface area contributed by atoms with Gasteiger partial charge >= 0.3 is 0 Å². The first-order valence-corrected chi connectivity index (χ1v) is 6.35. The van der Waals surface area contributed by atoms with Gasteiger partial charge in [-0.3, -0.25) is 0 Å². The third-order valence-electron chi connectivity index (χ3n) is 2.66. The van der Waals surface area contributed by atoms with Crippen molar-refractivity contribution >= 4 is 0 Å². The minimum atomic E-state index is -0.681. The molecule has 2 aromatic rings. The van der Waals surface area contributed by atoms with E-state index in [2.05, 4.69) is 6.07 Å². The van der Waals surface area contributed by atoms with E-state index < -0.39 is 11.6 Å². The van der Waals surface area contributed by atoms with Crippen molar-refractivity contribution in [3.63, 3.8) is 0 Å². The predicted molar refractivity (Wildman–Crippen MR) is 73.1 cm³/mol. The Balaban J connectivity index is 1.78. The normalized spacial score (nSPS) is 9.95. The van der Waals surface area contributed by atoms with E-state index >= 15 is 0 Å². The highest BCUT2D eigenvalue weighted by molar-refractivity contribution is 5.28. The van der Waals surface area contributed by atoms with Crippen LogP contribution in [0.5, 0.6) is 11.5 Å². The van der Waals surface area contributed by atoms with Crippen LogP contribution < -0.4 is 9.47 Å². The second-order valence-electron chi connectivity index (χ2n) is 4.28. The average Bonchev–Trinajstić information content (AvgIpc) is 2.45. The number of halogens is 2. The molecule has 21 heavy (non-hydrogen) atoms. The first-order chi connectivity index (χ1) is 10.2. The number of nitriles is 1. The lowest BCUT2D eigenvalue weighted by atomic mass is 10.2. The van der Waals surface area contributed by atoms with Crippen LogP contribution >= 0.6 is 0 Å². The number of rotatable bonds is 6. The van der Waals surface area contributed by atoms with Crippen molar-refractivity contribution in [1.82, 2.24) is 0 Å². The van der Waals surface area contributed by atoms with Crippen molar-refractivity contribution < 1.29 is 18.3 Å². The molecule has 0 heterocycles. The second-order valence-corrected chi connectivity index (χ2v) is 4.28. The smallest absolute Gasteiger partial charge is 0.129 e. The van der Waals surface area contributed by atoms with Crippen LogP contribution in [0.25, 0.3) is 0 Å². The summed E-state index contributed by atoms with van der Waals surface area (Å²) in [5, 5.41) is 8.56. The Hall–Kier alpha value is -2.61. The molecule has 0 aliphatic carbocycles. The number of benzene rings is 2. The third kappa shape index (κ3) is 4.77. The Kier molecular flexibility index (Phi) is 5.10. The Morgan fingerprint density at radius 3 is 2.00 bits per heavy atom. The molecular formula is C16H13F2NO2. The van der Waals surface area contributed by atoms with E-state index in [0.717, 1.165) is 23.8 Å². The van der Waals surface area contributed by atoms with E-state index in [1.165, 1.54) is 0 Å². The molecule has 0 unspecified atom stereocenters. The van der Waals surface area contributed by atoms with Crippen molar-refractivity contribution in [3.8, 4) is 17.6 Å².